The maximum atomic E-state index is 14.4. The van der Waals surface area contributed by atoms with Crippen molar-refractivity contribution in [2.75, 3.05) is 52.6 Å². The molecule has 0 amide bonds. The molecule has 5 heteroatoms. The number of carbonyl (C=O) groups excluding carboxylic acids is 1. The molecule has 2 heterocycles. The number of rotatable bonds is 6. The van der Waals surface area contributed by atoms with Crippen LogP contribution in [0.2, 0.25) is 0 Å². The normalized spacial score (nSPS) is 20.1. The number of Topliss-reactive ketones (excluding diaryl/α,β-unsaturated/α-hetero) is 1. The number of carbonyl (C=O) groups is 1. The Kier molecular flexibility index (Phi) is 6.60. The van der Waals surface area contributed by atoms with Crippen LogP contribution >= 0.6 is 0 Å². The topological polar surface area (TPSA) is 42.0 Å². The monoisotopic (exact) mass is 430 g/mol. The number of hydrogen-bond acceptors (Lipinski definition) is 5. The Hall–Kier alpha value is -2.57. The van der Waals surface area contributed by atoms with Crippen LogP contribution in [0.4, 0.5) is 0 Å². The van der Waals surface area contributed by atoms with Crippen molar-refractivity contribution < 1.29 is 14.3 Å². The number of fused-ring (bicyclic) bond motifs is 1. The highest BCUT2D eigenvalue weighted by Crippen LogP contribution is 2.33. The van der Waals surface area contributed by atoms with E-state index in [0.29, 0.717) is 26.4 Å². The van der Waals surface area contributed by atoms with Gasteiger partial charge in [-0.05, 0) is 16.3 Å². The zero-order valence-electron chi connectivity index (χ0n) is 18.4. The number of ketones is 1. The van der Waals surface area contributed by atoms with Crippen molar-refractivity contribution in [1.82, 2.24) is 9.80 Å². The van der Waals surface area contributed by atoms with Gasteiger partial charge in [0.25, 0.3) is 0 Å². The fourth-order valence-electron chi connectivity index (χ4n) is 5.06. The minimum Gasteiger partial charge on any atom is -0.379 e. The first-order valence-electron chi connectivity index (χ1n) is 11.5. The average molecular weight is 431 g/mol. The van der Waals surface area contributed by atoms with Crippen LogP contribution < -0.4 is 0 Å². The zero-order valence-corrected chi connectivity index (χ0v) is 18.4. The van der Waals surface area contributed by atoms with E-state index in [2.05, 4.69) is 52.3 Å². The minimum absolute atomic E-state index is 0.0373. The van der Waals surface area contributed by atoms with E-state index in [1.54, 1.807) is 0 Å². The van der Waals surface area contributed by atoms with Crippen LogP contribution in [-0.2, 0) is 9.47 Å². The highest BCUT2D eigenvalue weighted by molar-refractivity contribution is 6.10. The first-order valence-corrected chi connectivity index (χ1v) is 11.5. The summed E-state index contributed by atoms with van der Waals surface area (Å²) in [6, 6.07) is 24.4. The van der Waals surface area contributed by atoms with Crippen molar-refractivity contribution in [2.45, 2.75) is 12.1 Å². The van der Waals surface area contributed by atoms with Gasteiger partial charge in [-0.25, -0.2) is 0 Å². The Morgan fingerprint density at radius 2 is 1.28 bits per heavy atom. The second kappa shape index (κ2) is 9.92. The lowest BCUT2D eigenvalue weighted by Gasteiger charge is -2.44. The van der Waals surface area contributed by atoms with Crippen LogP contribution in [0.25, 0.3) is 10.8 Å². The van der Waals surface area contributed by atoms with Gasteiger partial charge in [0.1, 0.15) is 0 Å². The molecule has 32 heavy (non-hydrogen) atoms. The molecule has 2 saturated heterocycles. The summed E-state index contributed by atoms with van der Waals surface area (Å²) in [7, 11) is 0. The minimum atomic E-state index is -0.287. The van der Waals surface area contributed by atoms with E-state index in [4.69, 9.17) is 9.47 Å². The third-order valence-corrected chi connectivity index (χ3v) is 6.64. The molecule has 0 unspecified atom stereocenters. The predicted octanol–water partition coefficient (Wildman–Crippen LogP) is 3.80. The molecule has 0 radical (unpaired) electrons. The Balaban J connectivity index is 1.62. The van der Waals surface area contributed by atoms with Crippen LogP contribution in [0.1, 0.15) is 22.0 Å². The Morgan fingerprint density at radius 3 is 2.00 bits per heavy atom. The van der Waals surface area contributed by atoms with E-state index >= 15 is 0 Å². The second-order valence-electron chi connectivity index (χ2n) is 8.49. The largest absolute Gasteiger partial charge is 0.379 e. The van der Waals surface area contributed by atoms with Crippen molar-refractivity contribution >= 4 is 16.6 Å². The molecule has 0 saturated carbocycles. The molecule has 3 aromatic rings. The van der Waals surface area contributed by atoms with Crippen molar-refractivity contribution in [1.29, 1.82) is 0 Å². The molecular weight excluding hydrogens is 400 g/mol. The number of ether oxygens (including phenoxy) is 2. The van der Waals surface area contributed by atoms with Gasteiger partial charge in [0.15, 0.2) is 5.78 Å². The summed E-state index contributed by atoms with van der Waals surface area (Å²) in [5.41, 5.74) is 1.98. The maximum absolute atomic E-state index is 14.4. The molecule has 3 aromatic carbocycles. The molecule has 2 fully saturated rings. The van der Waals surface area contributed by atoms with Crippen LogP contribution in [0, 0.1) is 0 Å². The van der Waals surface area contributed by atoms with Crippen molar-refractivity contribution in [3.05, 3.63) is 83.9 Å². The summed E-state index contributed by atoms with van der Waals surface area (Å²) in [4.78, 5) is 19.1. The van der Waals surface area contributed by atoms with E-state index in [-0.39, 0.29) is 17.9 Å². The molecule has 5 rings (SSSR count). The number of hydrogen-bond donors (Lipinski definition) is 0. The standard InChI is InChI=1S/C27H30N2O3/c30-27(24-12-6-10-21-7-4-5-11-23(21)24)26(29-15-19-32-20-16-29)25(22-8-2-1-3-9-22)28-13-17-31-18-14-28/h1-12,25-26H,13-20H2/t25-,26-/m0/s1. The van der Waals surface area contributed by atoms with Crippen molar-refractivity contribution in [3.8, 4) is 0 Å². The van der Waals surface area contributed by atoms with Gasteiger partial charge in [0, 0.05) is 31.7 Å². The van der Waals surface area contributed by atoms with Gasteiger partial charge in [-0.3, -0.25) is 14.6 Å². The van der Waals surface area contributed by atoms with Gasteiger partial charge >= 0.3 is 0 Å². The van der Waals surface area contributed by atoms with E-state index in [1.807, 2.05) is 30.3 Å². The second-order valence-corrected chi connectivity index (χ2v) is 8.49. The molecule has 166 valence electrons. The zero-order chi connectivity index (χ0) is 21.8. The number of nitrogens with zero attached hydrogens (tertiary/aromatic N) is 2. The Bertz CT molecular complexity index is 1040. The molecule has 2 aliphatic heterocycles. The van der Waals surface area contributed by atoms with Gasteiger partial charge in [0.05, 0.1) is 38.5 Å². The van der Waals surface area contributed by atoms with Crippen LogP contribution in [0.5, 0.6) is 0 Å². The van der Waals surface area contributed by atoms with Gasteiger partial charge < -0.3 is 9.47 Å². The molecule has 0 N–H and O–H groups in total. The summed E-state index contributed by atoms with van der Waals surface area (Å²) in [6.45, 7) is 5.87. The Morgan fingerprint density at radius 1 is 0.688 bits per heavy atom. The fourth-order valence-corrected chi connectivity index (χ4v) is 5.06. The smallest absolute Gasteiger partial charge is 0.182 e. The number of benzene rings is 3. The van der Waals surface area contributed by atoms with Gasteiger partial charge in [-0.15, -0.1) is 0 Å². The molecule has 5 nitrogen and oxygen atoms in total. The average Bonchev–Trinajstić information content (AvgIpc) is 2.88. The summed E-state index contributed by atoms with van der Waals surface area (Å²) >= 11 is 0. The van der Waals surface area contributed by atoms with Crippen LogP contribution in [-0.4, -0.2) is 74.2 Å². The lowest BCUT2D eigenvalue weighted by Crippen LogP contribution is -2.55. The highest BCUT2D eigenvalue weighted by Gasteiger charge is 2.40. The van der Waals surface area contributed by atoms with E-state index < -0.39 is 0 Å². The fraction of sp³-hybridized carbons (Fsp3) is 0.370. The molecular formula is C27H30N2O3. The highest BCUT2D eigenvalue weighted by atomic mass is 16.5. The third-order valence-electron chi connectivity index (χ3n) is 6.64. The maximum Gasteiger partial charge on any atom is 0.182 e. The molecule has 2 atom stereocenters. The molecule has 0 aromatic heterocycles. The predicted molar refractivity (Wildman–Crippen MR) is 126 cm³/mol. The third kappa shape index (κ3) is 4.34. The van der Waals surface area contributed by atoms with Gasteiger partial charge in [-0.2, -0.15) is 0 Å². The van der Waals surface area contributed by atoms with Gasteiger partial charge in [-0.1, -0.05) is 72.8 Å². The summed E-state index contributed by atoms with van der Waals surface area (Å²) < 4.78 is 11.3. The summed E-state index contributed by atoms with van der Waals surface area (Å²) in [5, 5.41) is 2.12. The van der Waals surface area contributed by atoms with Crippen LogP contribution in [0.15, 0.2) is 72.8 Å². The lowest BCUT2D eigenvalue weighted by molar-refractivity contribution is -0.0301. The van der Waals surface area contributed by atoms with E-state index in [0.717, 1.165) is 42.5 Å². The summed E-state index contributed by atoms with van der Waals surface area (Å²) in [5.74, 6) is 0.184. The lowest BCUT2D eigenvalue weighted by atomic mass is 9.88. The summed E-state index contributed by atoms with van der Waals surface area (Å²) in [6.07, 6.45) is 0. The molecule has 0 aliphatic carbocycles. The van der Waals surface area contributed by atoms with E-state index in [9.17, 15) is 4.79 Å². The molecule has 0 bridgehead atoms. The van der Waals surface area contributed by atoms with E-state index in [1.165, 1.54) is 5.56 Å². The first kappa shape index (κ1) is 21.3. The SMILES string of the molecule is O=C(c1cccc2ccccc12)[C@H]([C@H](c1ccccc1)N1CCOCC1)N1CCOCC1. The van der Waals surface area contributed by atoms with Gasteiger partial charge in [0.2, 0.25) is 0 Å². The molecule has 0 spiro atoms. The quantitative estimate of drug-likeness (QED) is 0.557. The Labute approximate surface area is 189 Å². The van der Waals surface area contributed by atoms with Crippen molar-refractivity contribution in [2.24, 2.45) is 0 Å². The van der Waals surface area contributed by atoms with Crippen molar-refractivity contribution in [3.63, 3.8) is 0 Å². The number of morpholine rings is 2. The molecule has 2 aliphatic rings. The first-order chi connectivity index (χ1) is 15.8. The van der Waals surface area contributed by atoms with Crippen LogP contribution in [0.3, 0.4) is 0 Å².